The average molecular weight is 208 g/mol. The number of thiol groups is 1. The third-order valence-electron chi connectivity index (χ3n) is 3.18. The van der Waals surface area contributed by atoms with E-state index in [1.165, 1.54) is 16.7 Å². The van der Waals surface area contributed by atoms with E-state index in [4.69, 9.17) is 4.74 Å². The molecule has 76 valence electrons. The van der Waals surface area contributed by atoms with Gasteiger partial charge in [-0.15, -0.1) is 0 Å². The summed E-state index contributed by atoms with van der Waals surface area (Å²) in [4.78, 5) is 0. The lowest BCUT2D eigenvalue weighted by Crippen LogP contribution is -2.48. The van der Waals surface area contributed by atoms with Crippen LogP contribution in [0.5, 0.6) is 0 Å². The fourth-order valence-corrected chi connectivity index (χ4v) is 2.13. The van der Waals surface area contributed by atoms with Gasteiger partial charge in [0.1, 0.15) is 0 Å². The largest absolute Gasteiger partial charge is 0.379 e. The molecule has 0 unspecified atom stereocenters. The average Bonchev–Trinajstić information content (AvgIpc) is 2.10. The van der Waals surface area contributed by atoms with Crippen molar-refractivity contribution in [1.29, 1.82) is 0 Å². The predicted molar refractivity (Wildman–Crippen MR) is 62.3 cm³/mol. The minimum Gasteiger partial charge on any atom is -0.379 e. The van der Waals surface area contributed by atoms with Gasteiger partial charge in [0.05, 0.1) is 18.6 Å². The van der Waals surface area contributed by atoms with Gasteiger partial charge in [-0.1, -0.05) is 18.2 Å². The number of rotatable bonds is 2. The van der Waals surface area contributed by atoms with Gasteiger partial charge in [0.25, 0.3) is 0 Å². The van der Waals surface area contributed by atoms with Gasteiger partial charge in [-0.3, -0.25) is 0 Å². The number of benzene rings is 1. The summed E-state index contributed by atoms with van der Waals surface area (Å²) < 4.78 is 5.30. The molecule has 1 aliphatic heterocycles. The first-order valence-corrected chi connectivity index (χ1v) is 5.57. The quantitative estimate of drug-likeness (QED) is 0.735. The molecule has 0 spiro atoms. The van der Waals surface area contributed by atoms with Crippen molar-refractivity contribution in [1.82, 2.24) is 0 Å². The maximum absolute atomic E-state index is 5.30. The van der Waals surface area contributed by atoms with Crippen molar-refractivity contribution in [2.75, 3.05) is 19.0 Å². The first-order chi connectivity index (χ1) is 6.68. The van der Waals surface area contributed by atoms with Crippen LogP contribution in [0.2, 0.25) is 0 Å². The van der Waals surface area contributed by atoms with Gasteiger partial charge in [-0.05, 0) is 30.5 Å². The summed E-state index contributed by atoms with van der Waals surface area (Å²) in [6, 6.07) is 6.67. The Labute approximate surface area is 90.9 Å². The molecule has 1 saturated heterocycles. The van der Waals surface area contributed by atoms with Crippen LogP contribution in [-0.4, -0.2) is 19.0 Å². The summed E-state index contributed by atoms with van der Waals surface area (Å²) >= 11 is 4.42. The van der Waals surface area contributed by atoms with Gasteiger partial charge in [0.15, 0.2) is 0 Å². The van der Waals surface area contributed by atoms with Crippen LogP contribution in [0.4, 0.5) is 0 Å². The molecule has 1 aromatic rings. The minimum atomic E-state index is 0.182. The molecule has 2 rings (SSSR count). The molecule has 1 fully saturated rings. The lowest BCUT2D eigenvalue weighted by molar-refractivity contribution is -0.0471. The summed E-state index contributed by atoms with van der Waals surface area (Å²) in [6.45, 7) is 5.94. The van der Waals surface area contributed by atoms with Crippen LogP contribution in [0.3, 0.4) is 0 Å². The molecule has 2 heteroatoms. The Balaban J connectivity index is 2.36. The molecule has 0 aromatic heterocycles. The molecular formula is C12H16OS. The van der Waals surface area contributed by atoms with Crippen molar-refractivity contribution in [3.63, 3.8) is 0 Å². The molecule has 1 aromatic carbocycles. The Morgan fingerprint density at radius 2 is 2.00 bits per heavy atom. The van der Waals surface area contributed by atoms with Crippen LogP contribution in [0.1, 0.15) is 16.7 Å². The molecule has 0 N–H and O–H groups in total. The summed E-state index contributed by atoms with van der Waals surface area (Å²) in [5.74, 6) is 0.871. The molecule has 0 bridgehead atoms. The van der Waals surface area contributed by atoms with E-state index in [-0.39, 0.29) is 5.41 Å². The number of ether oxygens (including phenoxy) is 1. The Hall–Kier alpha value is -0.470. The van der Waals surface area contributed by atoms with Crippen molar-refractivity contribution >= 4 is 12.6 Å². The Kier molecular flexibility index (Phi) is 2.58. The zero-order chi connectivity index (χ0) is 10.2. The standard InChI is InChI=1S/C12H16OS/c1-9-3-4-11(5-10(9)2)12(8-14)6-13-7-12/h3-5,14H,6-8H2,1-2H3. The van der Waals surface area contributed by atoms with Crippen LogP contribution in [0.15, 0.2) is 18.2 Å². The van der Waals surface area contributed by atoms with Crippen LogP contribution in [0, 0.1) is 13.8 Å². The highest BCUT2D eigenvalue weighted by Gasteiger charge is 2.38. The van der Waals surface area contributed by atoms with Gasteiger partial charge < -0.3 is 4.74 Å². The van der Waals surface area contributed by atoms with E-state index in [0.717, 1.165) is 19.0 Å². The van der Waals surface area contributed by atoms with Crippen molar-refractivity contribution in [3.05, 3.63) is 34.9 Å². The lowest BCUT2D eigenvalue weighted by atomic mass is 9.79. The SMILES string of the molecule is Cc1ccc(C2(CS)COC2)cc1C. The zero-order valence-electron chi connectivity index (χ0n) is 8.71. The maximum Gasteiger partial charge on any atom is 0.0593 e. The third-order valence-corrected chi connectivity index (χ3v) is 3.78. The fourth-order valence-electron chi connectivity index (χ4n) is 1.77. The van der Waals surface area contributed by atoms with E-state index >= 15 is 0 Å². The number of hydrogen-bond donors (Lipinski definition) is 1. The summed E-state index contributed by atoms with van der Waals surface area (Å²) in [5.41, 5.74) is 4.27. The van der Waals surface area contributed by atoms with E-state index in [0.29, 0.717) is 0 Å². The van der Waals surface area contributed by atoms with Crippen molar-refractivity contribution in [2.24, 2.45) is 0 Å². The van der Waals surface area contributed by atoms with E-state index in [2.05, 4.69) is 44.7 Å². The summed E-state index contributed by atoms with van der Waals surface area (Å²) in [6.07, 6.45) is 0. The van der Waals surface area contributed by atoms with Gasteiger partial charge >= 0.3 is 0 Å². The molecule has 0 radical (unpaired) electrons. The van der Waals surface area contributed by atoms with Crippen LogP contribution in [-0.2, 0) is 10.2 Å². The van der Waals surface area contributed by atoms with Crippen molar-refractivity contribution in [2.45, 2.75) is 19.3 Å². The fraction of sp³-hybridized carbons (Fsp3) is 0.500. The van der Waals surface area contributed by atoms with Gasteiger partial charge in [-0.2, -0.15) is 12.6 Å². The molecule has 1 heterocycles. The van der Waals surface area contributed by atoms with E-state index in [1.54, 1.807) is 0 Å². The lowest BCUT2D eigenvalue weighted by Gasteiger charge is -2.41. The summed E-state index contributed by atoms with van der Waals surface area (Å²) in [7, 11) is 0. The van der Waals surface area contributed by atoms with Gasteiger partial charge in [-0.25, -0.2) is 0 Å². The second-order valence-electron chi connectivity index (χ2n) is 4.23. The van der Waals surface area contributed by atoms with E-state index in [9.17, 15) is 0 Å². The van der Waals surface area contributed by atoms with Crippen LogP contribution in [0.25, 0.3) is 0 Å². The Bertz CT molecular complexity index is 337. The van der Waals surface area contributed by atoms with Crippen molar-refractivity contribution in [3.8, 4) is 0 Å². The first kappa shape index (κ1) is 10.1. The smallest absolute Gasteiger partial charge is 0.0593 e. The Morgan fingerprint density at radius 3 is 2.43 bits per heavy atom. The monoisotopic (exact) mass is 208 g/mol. The second-order valence-corrected chi connectivity index (χ2v) is 4.55. The van der Waals surface area contributed by atoms with E-state index < -0.39 is 0 Å². The zero-order valence-corrected chi connectivity index (χ0v) is 9.60. The highest BCUT2D eigenvalue weighted by Crippen LogP contribution is 2.34. The van der Waals surface area contributed by atoms with Crippen LogP contribution < -0.4 is 0 Å². The minimum absolute atomic E-state index is 0.182. The number of aryl methyl sites for hydroxylation is 2. The molecule has 0 atom stereocenters. The first-order valence-electron chi connectivity index (χ1n) is 4.94. The Morgan fingerprint density at radius 1 is 1.29 bits per heavy atom. The number of hydrogen-bond acceptors (Lipinski definition) is 2. The van der Waals surface area contributed by atoms with Crippen LogP contribution >= 0.6 is 12.6 Å². The highest BCUT2D eigenvalue weighted by atomic mass is 32.1. The molecule has 0 saturated carbocycles. The van der Waals surface area contributed by atoms with Gasteiger partial charge in [0.2, 0.25) is 0 Å². The molecule has 1 aliphatic rings. The summed E-state index contributed by atoms with van der Waals surface area (Å²) in [5, 5.41) is 0. The maximum atomic E-state index is 5.30. The molecule has 14 heavy (non-hydrogen) atoms. The normalized spacial score (nSPS) is 19.1. The van der Waals surface area contributed by atoms with Crippen molar-refractivity contribution < 1.29 is 4.74 Å². The predicted octanol–water partition coefficient (Wildman–Crippen LogP) is 2.50. The molecule has 1 nitrogen and oxygen atoms in total. The highest BCUT2D eigenvalue weighted by molar-refractivity contribution is 7.80. The second kappa shape index (κ2) is 3.59. The van der Waals surface area contributed by atoms with Gasteiger partial charge in [0, 0.05) is 5.75 Å². The third kappa shape index (κ3) is 1.47. The molecular weight excluding hydrogens is 192 g/mol. The molecule has 0 amide bonds. The van der Waals surface area contributed by atoms with E-state index in [1.807, 2.05) is 0 Å². The topological polar surface area (TPSA) is 9.23 Å². The molecule has 0 aliphatic carbocycles.